The summed E-state index contributed by atoms with van der Waals surface area (Å²) in [6.07, 6.45) is 0.234. The van der Waals surface area contributed by atoms with Gasteiger partial charge in [0.05, 0.1) is 18.3 Å². The number of hydrogen-bond acceptors (Lipinski definition) is 3. The lowest BCUT2D eigenvalue weighted by molar-refractivity contribution is 0.0557. The predicted molar refractivity (Wildman–Crippen MR) is 77.4 cm³/mol. The van der Waals surface area contributed by atoms with Gasteiger partial charge in [-0.2, -0.15) is 0 Å². The fourth-order valence-corrected chi connectivity index (χ4v) is 2.61. The van der Waals surface area contributed by atoms with Crippen molar-refractivity contribution in [2.45, 2.75) is 38.8 Å². The summed E-state index contributed by atoms with van der Waals surface area (Å²) in [6.45, 7) is 5.41. The third-order valence-electron chi connectivity index (χ3n) is 2.92. The van der Waals surface area contributed by atoms with Crippen molar-refractivity contribution in [3.05, 3.63) is 28.2 Å². The van der Waals surface area contributed by atoms with Crippen molar-refractivity contribution in [1.82, 2.24) is 0 Å². The SMILES string of the molecule is CC(C)(C)OC(=O)N1c2ccc(Br)cc2C[C@H]1CO. The van der Waals surface area contributed by atoms with Gasteiger partial charge in [-0.25, -0.2) is 4.79 Å². The average molecular weight is 328 g/mol. The second-order valence-electron chi connectivity index (χ2n) is 5.66. The lowest BCUT2D eigenvalue weighted by Crippen LogP contribution is -2.43. The number of hydrogen-bond donors (Lipinski definition) is 1. The third kappa shape index (κ3) is 3.09. The Morgan fingerprint density at radius 1 is 1.53 bits per heavy atom. The molecule has 1 aromatic rings. The topological polar surface area (TPSA) is 49.8 Å². The molecule has 0 saturated heterocycles. The highest BCUT2D eigenvalue weighted by Gasteiger charge is 2.36. The lowest BCUT2D eigenvalue weighted by Gasteiger charge is -2.28. The Kier molecular flexibility index (Phi) is 3.87. The molecule has 0 aliphatic carbocycles. The number of ether oxygens (including phenoxy) is 1. The summed E-state index contributed by atoms with van der Waals surface area (Å²) in [6, 6.07) is 5.48. The van der Waals surface area contributed by atoms with E-state index in [1.807, 2.05) is 39.0 Å². The van der Waals surface area contributed by atoms with E-state index < -0.39 is 11.7 Å². The van der Waals surface area contributed by atoms with Crippen LogP contribution in [0.15, 0.2) is 22.7 Å². The van der Waals surface area contributed by atoms with E-state index >= 15 is 0 Å². The van der Waals surface area contributed by atoms with Crippen LogP contribution in [0.25, 0.3) is 0 Å². The van der Waals surface area contributed by atoms with Gasteiger partial charge in [0.1, 0.15) is 5.60 Å². The van der Waals surface area contributed by atoms with Crippen molar-refractivity contribution in [2.75, 3.05) is 11.5 Å². The molecule has 0 bridgehead atoms. The molecule has 1 aliphatic rings. The van der Waals surface area contributed by atoms with Crippen molar-refractivity contribution in [2.24, 2.45) is 0 Å². The average Bonchev–Trinajstić information content (AvgIpc) is 2.63. The van der Waals surface area contributed by atoms with Gasteiger partial charge in [0.25, 0.3) is 0 Å². The highest BCUT2D eigenvalue weighted by atomic mass is 79.9. The van der Waals surface area contributed by atoms with E-state index in [0.717, 1.165) is 15.7 Å². The zero-order chi connectivity index (χ0) is 14.2. The van der Waals surface area contributed by atoms with Crippen LogP contribution < -0.4 is 4.90 Å². The molecule has 1 atom stereocenters. The molecule has 0 saturated carbocycles. The Balaban J connectivity index is 2.31. The van der Waals surface area contributed by atoms with Gasteiger partial charge < -0.3 is 9.84 Å². The molecule has 0 spiro atoms. The van der Waals surface area contributed by atoms with Crippen LogP contribution in [-0.4, -0.2) is 29.4 Å². The molecule has 1 amide bonds. The number of benzene rings is 1. The van der Waals surface area contributed by atoms with E-state index in [1.165, 1.54) is 0 Å². The van der Waals surface area contributed by atoms with E-state index in [0.29, 0.717) is 6.42 Å². The molecule has 104 valence electrons. The first kappa shape index (κ1) is 14.3. The molecular formula is C14H18BrNO3. The second kappa shape index (κ2) is 5.13. The smallest absolute Gasteiger partial charge is 0.415 e. The summed E-state index contributed by atoms with van der Waals surface area (Å²) < 4.78 is 6.37. The molecule has 1 heterocycles. The second-order valence-corrected chi connectivity index (χ2v) is 6.58. The maximum absolute atomic E-state index is 12.3. The van der Waals surface area contributed by atoms with Gasteiger partial charge in [-0.15, -0.1) is 0 Å². The van der Waals surface area contributed by atoms with Crippen LogP contribution >= 0.6 is 15.9 Å². The minimum Gasteiger partial charge on any atom is -0.443 e. The minimum absolute atomic E-state index is 0.0778. The highest BCUT2D eigenvalue weighted by molar-refractivity contribution is 9.10. The van der Waals surface area contributed by atoms with Crippen LogP contribution in [0.1, 0.15) is 26.3 Å². The number of amides is 1. The van der Waals surface area contributed by atoms with Crippen LogP contribution in [0.4, 0.5) is 10.5 Å². The molecule has 0 radical (unpaired) electrons. The predicted octanol–water partition coefficient (Wildman–Crippen LogP) is 3.11. The monoisotopic (exact) mass is 327 g/mol. The number of aliphatic hydroxyl groups is 1. The first-order valence-electron chi connectivity index (χ1n) is 6.23. The molecule has 19 heavy (non-hydrogen) atoms. The fourth-order valence-electron chi connectivity index (χ4n) is 2.20. The van der Waals surface area contributed by atoms with E-state index in [1.54, 1.807) is 4.90 Å². The number of nitrogens with zero attached hydrogens (tertiary/aromatic N) is 1. The molecule has 1 aromatic carbocycles. The summed E-state index contributed by atoms with van der Waals surface area (Å²) in [5.41, 5.74) is 1.31. The van der Waals surface area contributed by atoms with Crippen molar-refractivity contribution < 1.29 is 14.6 Å². The van der Waals surface area contributed by atoms with Crippen molar-refractivity contribution in [3.8, 4) is 0 Å². The van der Waals surface area contributed by atoms with Gasteiger partial charge >= 0.3 is 6.09 Å². The summed E-state index contributed by atoms with van der Waals surface area (Å²) in [7, 11) is 0. The lowest BCUT2D eigenvalue weighted by atomic mass is 10.1. The number of carbonyl (C=O) groups is 1. The molecule has 0 aromatic heterocycles. The molecule has 1 aliphatic heterocycles. The molecular weight excluding hydrogens is 310 g/mol. The van der Waals surface area contributed by atoms with Gasteiger partial charge in [-0.3, -0.25) is 4.90 Å². The van der Waals surface area contributed by atoms with Crippen LogP contribution in [0.3, 0.4) is 0 Å². The first-order valence-corrected chi connectivity index (χ1v) is 7.02. The number of fused-ring (bicyclic) bond motifs is 1. The van der Waals surface area contributed by atoms with Gasteiger partial charge in [0.2, 0.25) is 0 Å². The van der Waals surface area contributed by atoms with Crippen molar-refractivity contribution >= 4 is 27.7 Å². The van der Waals surface area contributed by atoms with E-state index in [-0.39, 0.29) is 12.6 Å². The number of rotatable bonds is 1. The Bertz CT molecular complexity index is 496. The van der Waals surface area contributed by atoms with Crippen LogP contribution in [0, 0.1) is 0 Å². The Morgan fingerprint density at radius 3 is 2.79 bits per heavy atom. The quantitative estimate of drug-likeness (QED) is 0.862. The maximum atomic E-state index is 12.3. The van der Waals surface area contributed by atoms with Gasteiger partial charge in [0.15, 0.2) is 0 Å². The normalized spacial score (nSPS) is 18.4. The van der Waals surface area contributed by atoms with Crippen molar-refractivity contribution in [3.63, 3.8) is 0 Å². The van der Waals surface area contributed by atoms with Gasteiger partial charge in [0, 0.05) is 4.47 Å². The molecule has 2 rings (SSSR count). The number of carbonyl (C=O) groups excluding carboxylic acids is 1. The maximum Gasteiger partial charge on any atom is 0.415 e. The molecule has 1 N–H and O–H groups in total. The third-order valence-corrected chi connectivity index (χ3v) is 3.42. The molecule has 5 heteroatoms. The summed E-state index contributed by atoms with van der Waals surface area (Å²) in [4.78, 5) is 13.8. The number of anilines is 1. The number of halogens is 1. The largest absolute Gasteiger partial charge is 0.443 e. The zero-order valence-corrected chi connectivity index (χ0v) is 12.9. The molecule has 4 nitrogen and oxygen atoms in total. The summed E-state index contributed by atoms with van der Waals surface area (Å²) >= 11 is 3.42. The van der Waals surface area contributed by atoms with Crippen LogP contribution in [0.2, 0.25) is 0 Å². The Morgan fingerprint density at radius 2 is 2.21 bits per heavy atom. The van der Waals surface area contributed by atoms with Crippen LogP contribution in [0.5, 0.6) is 0 Å². The van der Waals surface area contributed by atoms with Crippen molar-refractivity contribution in [1.29, 1.82) is 0 Å². The Hall–Kier alpha value is -1.07. The zero-order valence-electron chi connectivity index (χ0n) is 11.3. The van der Waals surface area contributed by atoms with E-state index in [2.05, 4.69) is 15.9 Å². The summed E-state index contributed by atoms with van der Waals surface area (Å²) in [5.74, 6) is 0. The highest BCUT2D eigenvalue weighted by Crippen LogP contribution is 2.35. The number of aliphatic hydroxyl groups excluding tert-OH is 1. The fraction of sp³-hybridized carbons (Fsp3) is 0.500. The first-order chi connectivity index (χ1) is 8.81. The standard InChI is InChI=1S/C14H18BrNO3/c1-14(2,3)19-13(18)16-11(8-17)7-9-6-10(15)4-5-12(9)16/h4-6,11,17H,7-8H2,1-3H3/t11-/m0/s1. The summed E-state index contributed by atoms with van der Waals surface area (Å²) in [5, 5.41) is 9.46. The van der Waals surface area contributed by atoms with E-state index in [4.69, 9.17) is 4.74 Å². The Labute approximate surface area is 121 Å². The van der Waals surface area contributed by atoms with Gasteiger partial charge in [-0.05, 0) is 51.0 Å². The minimum atomic E-state index is -0.546. The van der Waals surface area contributed by atoms with Crippen LogP contribution in [-0.2, 0) is 11.2 Å². The molecule has 0 unspecified atom stereocenters. The van der Waals surface area contributed by atoms with E-state index in [9.17, 15) is 9.90 Å². The van der Waals surface area contributed by atoms with Gasteiger partial charge in [-0.1, -0.05) is 15.9 Å². The molecule has 0 fully saturated rings.